The Kier molecular flexibility index (Phi) is 4.33. The van der Waals surface area contributed by atoms with E-state index in [1.54, 1.807) is 0 Å². The van der Waals surface area contributed by atoms with Crippen LogP contribution in [0.5, 0.6) is 0 Å². The lowest BCUT2D eigenvalue weighted by Crippen LogP contribution is -2.09. The van der Waals surface area contributed by atoms with Gasteiger partial charge in [0.25, 0.3) is 0 Å². The van der Waals surface area contributed by atoms with Crippen molar-refractivity contribution in [2.45, 2.75) is 47.5 Å². The predicted octanol–water partition coefficient (Wildman–Crippen LogP) is 3.90. The summed E-state index contributed by atoms with van der Waals surface area (Å²) in [6, 6.07) is 2.14. The van der Waals surface area contributed by atoms with Crippen molar-refractivity contribution >= 4 is 5.97 Å². The van der Waals surface area contributed by atoms with Gasteiger partial charge in [0, 0.05) is 0 Å². The topological polar surface area (TPSA) is 37.3 Å². The van der Waals surface area contributed by atoms with Crippen molar-refractivity contribution in [2.24, 2.45) is 5.92 Å². The molecule has 0 saturated heterocycles. The molecule has 0 aliphatic carbocycles. The minimum absolute atomic E-state index is 0.489. The summed E-state index contributed by atoms with van der Waals surface area (Å²) in [6.45, 7) is 10.2. The quantitative estimate of drug-likeness (QED) is 0.858. The van der Waals surface area contributed by atoms with E-state index in [-0.39, 0.29) is 0 Å². The number of aromatic carboxylic acids is 1. The zero-order valence-electron chi connectivity index (χ0n) is 11.4. The van der Waals surface area contributed by atoms with Crippen molar-refractivity contribution in [3.8, 4) is 0 Å². The Balaban J connectivity index is 3.29. The lowest BCUT2D eigenvalue weighted by molar-refractivity contribution is 0.0695. The number of carbonyl (C=O) groups is 1. The first-order valence-corrected chi connectivity index (χ1v) is 6.21. The highest BCUT2D eigenvalue weighted by atomic mass is 16.4. The van der Waals surface area contributed by atoms with Crippen LogP contribution in [0.3, 0.4) is 0 Å². The van der Waals surface area contributed by atoms with Crippen LogP contribution >= 0.6 is 0 Å². The van der Waals surface area contributed by atoms with Gasteiger partial charge in [0.1, 0.15) is 0 Å². The molecule has 0 fully saturated rings. The number of rotatable bonds is 4. The van der Waals surface area contributed by atoms with Crippen molar-refractivity contribution in [1.82, 2.24) is 0 Å². The van der Waals surface area contributed by atoms with Gasteiger partial charge in [-0.2, -0.15) is 0 Å². The second-order valence-corrected chi connectivity index (χ2v) is 5.00. The van der Waals surface area contributed by atoms with Gasteiger partial charge in [-0.1, -0.05) is 26.3 Å². The molecule has 17 heavy (non-hydrogen) atoms. The van der Waals surface area contributed by atoms with E-state index >= 15 is 0 Å². The van der Waals surface area contributed by atoms with Gasteiger partial charge in [-0.15, -0.1) is 0 Å². The summed E-state index contributed by atoms with van der Waals surface area (Å²) in [5.41, 5.74) is 4.57. The number of benzene rings is 1. The molecule has 0 amide bonds. The Morgan fingerprint density at radius 1 is 1.29 bits per heavy atom. The molecule has 1 N–H and O–H groups in total. The molecular formula is C15H22O2. The molecule has 2 nitrogen and oxygen atoms in total. The van der Waals surface area contributed by atoms with Crippen LogP contribution in [0.4, 0.5) is 0 Å². The van der Waals surface area contributed by atoms with Gasteiger partial charge in [-0.25, -0.2) is 4.79 Å². The second-order valence-electron chi connectivity index (χ2n) is 5.00. The molecule has 0 spiro atoms. The standard InChI is InChI=1S/C15H22O2/c1-6-9(2)7-13-8-10(3)11(4)14(12(13)5)15(16)17/h8-9H,6-7H2,1-5H3,(H,16,17). The largest absolute Gasteiger partial charge is 0.478 e. The SMILES string of the molecule is CCC(C)Cc1cc(C)c(C)c(C(=O)O)c1C. The van der Waals surface area contributed by atoms with E-state index in [0.29, 0.717) is 11.5 Å². The molecule has 0 aromatic heterocycles. The number of carboxylic acids is 1. The molecule has 1 aromatic rings. The van der Waals surface area contributed by atoms with Crippen molar-refractivity contribution in [3.05, 3.63) is 33.9 Å². The Labute approximate surface area is 104 Å². The Bertz CT molecular complexity index is 433. The van der Waals surface area contributed by atoms with Gasteiger partial charge in [-0.05, 0) is 55.4 Å². The molecule has 1 atom stereocenters. The summed E-state index contributed by atoms with van der Waals surface area (Å²) in [6.07, 6.45) is 2.08. The maximum atomic E-state index is 11.3. The molecule has 1 unspecified atom stereocenters. The van der Waals surface area contributed by atoms with Gasteiger partial charge in [0.2, 0.25) is 0 Å². The summed E-state index contributed by atoms with van der Waals surface area (Å²) >= 11 is 0. The summed E-state index contributed by atoms with van der Waals surface area (Å²) in [5, 5.41) is 9.29. The molecule has 0 saturated carbocycles. The monoisotopic (exact) mass is 234 g/mol. The van der Waals surface area contributed by atoms with Gasteiger partial charge in [-0.3, -0.25) is 0 Å². The van der Waals surface area contributed by atoms with E-state index < -0.39 is 5.97 Å². The summed E-state index contributed by atoms with van der Waals surface area (Å²) in [7, 11) is 0. The third-order valence-corrected chi connectivity index (χ3v) is 3.69. The summed E-state index contributed by atoms with van der Waals surface area (Å²) in [5.74, 6) is -0.216. The fourth-order valence-electron chi connectivity index (χ4n) is 2.17. The zero-order valence-corrected chi connectivity index (χ0v) is 11.4. The van der Waals surface area contributed by atoms with Crippen LogP contribution in [0.2, 0.25) is 0 Å². The first-order valence-electron chi connectivity index (χ1n) is 6.21. The minimum Gasteiger partial charge on any atom is -0.478 e. The van der Waals surface area contributed by atoms with Crippen molar-refractivity contribution < 1.29 is 9.90 Å². The Morgan fingerprint density at radius 3 is 2.35 bits per heavy atom. The highest BCUT2D eigenvalue weighted by Gasteiger charge is 2.16. The molecular weight excluding hydrogens is 212 g/mol. The first kappa shape index (κ1) is 13.8. The lowest BCUT2D eigenvalue weighted by atomic mass is 9.88. The van der Waals surface area contributed by atoms with Crippen LogP contribution in [0, 0.1) is 26.7 Å². The van der Waals surface area contributed by atoms with Crippen LogP contribution < -0.4 is 0 Å². The number of carboxylic acid groups (broad SMARTS) is 1. The molecule has 0 heterocycles. The van der Waals surface area contributed by atoms with Crippen LogP contribution in [-0.4, -0.2) is 11.1 Å². The van der Waals surface area contributed by atoms with E-state index in [9.17, 15) is 9.90 Å². The maximum Gasteiger partial charge on any atom is 0.336 e. The molecule has 0 aliphatic rings. The number of aryl methyl sites for hydroxylation is 1. The van der Waals surface area contributed by atoms with E-state index in [4.69, 9.17) is 0 Å². The van der Waals surface area contributed by atoms with Crippen molar-refractivity contribution in [3.63, 3.8) is 0 Å². The molecule has 2 heteroatoms. The smallest absolute Gasteiger partial charge is 0.336 e. The van der Waals surface area contributed by atoms with E-state index in [2.05, 4.69) is 19.9 Å². The molecule has 0 aliphatic heterocycles. The second kappa shape index (κ2) is 5.35. The van der Waals surface area contributed by atoms with E-state index in [1.165, 1.54) is 5.56 Å². The minimum atomic E-state index is -0.811. The van der Waals surface area contributed by atoms with Gasteiger partial charge >= 0.3 is 5.97 Å². The summed E-state index contributed by atoms with van der Waals surface area (Å²) in [4.78, 5) is 11.3. The van der Waals surface area contributed by atoms with Crippen molar-refractivity contribution in [1.29, 1.82) is 0 Å². The molecule has 94 valence electrons. The van der Waals surface area contributed by atoms with Crippen LogP contribution in [0.15, 0.2) is 6.07 Å². The average molecular weight is 234 g/mol. The first-order chi connectivity index (χ1) is 7.88. The normalized spacial score (nSPS) is 12.5. The fourth-order valence-corrected chi connectivity index (χ4v) is 2.17. The molecule has 0 radical (unpaired) electrons. The lowest BCUT2D eigenvalue weighted by Gasteiger charge is -2.16. The molecule has 1 rings (SSSR count). The van der Waals surface area contributed by atoms with Crippen molar-refractivity contribution in [2.75, 3.05) is 0 Å². The maximum absolute atomic E-state index is 11.3. The van der Waals surface area contributed by atoms with Gasteiger partial charge < -0.3 is 5.11 Å². The summed E-state index contributed by atoms with van der Waals surface area (Å²) < 4.78 is 0. The number of hydrogen-bond donors (Lipinski definition) is 1. The number of hydrogen-bond acceptors (Lipinski definition) is 1. The Hall–Kier alpha value is -1.31. The Morgan fingerprint density at radius 2 is 1.88 bits per heavy atom. The van der Waals surface area contributed by atoms with Gasteiger partial charge in [0.15, 0.2) is 0 Å². The molecule has 1 aromatic carbocycles. The fraction of sp³-hybridized carbons (Fsp3) is 0.533. The highest BCUT2D eigenvalue weighted by Crippen LogP contribution is 2.24. The van der Waals surface area contributed by atoms with E-state index in [1.807, 2.05) is 20.8 Å². The third-order valence-electron chi connectivity index (χ3n) is 3.69. The molecule has 0 bridgehead atoms. The highest BCUT2D eigenvalue weighted by molar-refractivity contribution is 5.91. The van der Waals surface area contributed by atoms with Gasteiger partial charge in [0.05, 0.1) is 5.56 Å². The third kappa shape index (κ3) is 2.87. The van der Waals surface area contributed by atoms with Crippen LogP contribution in [0.1, 0.15) is 52.9 Å². The van der Waals surface area contributed by atoms with E-state index in [0.717, 1.165) is 29.5 Å². The van der Waals surface area contributed by atoms with Crippen LogP contribution in [0.25, 0.3) is 0 Å². The predicted molar refractivity (Wildman–Crippen MR) is 70.8 cm³/mol. The average Bonchev–Trinajstić information content (AvgIpc) is 2.25. The van der Waals surface area contributed by atoms with Crippen LogP contribution in [-0.2, 0) is 6.42 Å². The zero-order chi connectivity index (χ0) is 13.2.